The van der Waals surface area contributed by atoms with Gasteiger partial charge >= 0.3 is 0 Å². The second kappa shape index (κ2) is 6.59. The van der Waals surface area contributed by atoms with Gasteiger partial charge in [0, 0.05) is 12.7 Å². The molecular weight excluding hydrogens is 363 g/mol. The van der Waals surface area contributed by atoms with Crippen molar-refractivity contribution >= 4 is 34.0 Å². The minimum absolute atomic E-state index is 0.320. The highest BCUT2D eigenvalue weighted by Crippen LogP contribution is 2.29. The Balaban J connectivity index is 1.83. The summed E-state index contributed by atoms with van der Waals surface area (Å²) in [6.45, 7) is 3.52. The number of thiophene rings is 1. The highest BCUT2D eigenvalue weighted by Gasteiger charge is 2.20. The smallest absolute Gasteiger partial charge is 0.256 e. The van der Waals surface area contributed by atoms with Gasteiger partial charge in [-0.15, -0.1) is 11.3 Å². The number of anilines is 1. The van der Waals surface area contributed by atoms with Crippen LogP contribution in [-0.4, -0.2) is 20.7 Å². The van der Waals surface area contributed by atoms with Crippen LogP contribution in [0.2, 0.25) is 0 Å². The number of nitrogens with zero attached hydrogens (tertiary/aromatic N) is 3. The summed E-state index contributed by atoms with van der Waals surface area (Å²) in [7, 11) is 1.80. The largest absolute Gasteiger partial charge is 0.322 e. The van der Waals surface area contributed by atoms with Gasteiger partial charge in [-0.1, -0.05) is 12.1 Å². The van der Waals surface area contributed by atoms with E-state index >= 15 is 0 Å². The lowest BCUT2D eigenvalue weighted by Crippen LogP contribution is -2.13. The molecular formula is C20H17FN4OS. The minimum atomic E-state index is -0.357. The van der Waals surface area contributed by atoms with E-state index in [1.54, 1.807) is 48.2 Å². The molecule has 0 radical (unpaired) electrons. The zero-order valence-corrected chi connectivity index (χ0v) is 15.9. The van der Waals surface area contributed by atoms with Crippen molar-refractivity contribution in [2.45, 2.75) is 13.8 Å². The molecule has 7 heteroatoms. The van der Waals surface area contributed by atoms with E-state index < -0.39 is 0 Å². The van der Waals surface area contributed by atoms with Gasteiger partial charge in [0.2, 0.25) is 0 Å². The van der Waals surface area contributed by atoms with E-state index in [1.165, 1.54) is 6.07 Å². The topological polar surface area (TPSA) is 59.8 Å². The van der Waals surface area contributed by atoms with Crippen LogP contribution in [0.4, 0.5) is 10.1 Å². The van der Waals surface area contributed by atoms with Gasteiger partial charge in [0.1, 0.15) is 5.82 Å². The summed E-state index contributed by atoms with van der Waals surface area (Å²) in [5, 5.41) is 9.85. The normalized spacial score (nSPS) is 11.1. The average Bonchev–Trinajstić information content (AvgIpc) is 3.26. The predicted octanol–water partition coefficient (Wildman–Crippen LogP) is 4.71. The fraction of sp³-hybridized carbons (Fsp3) is 0.150. The van der Waals surface area contributed by atoms with Gasteiger partial charge in [-0.25, -0.2) is 9.37 Å². The number of rotatable bonds is 3. The van der Waals surface area contributed by atoms with E-state index in [9.17, 15) is 9.18 Å². The summed E-state index contributed by atoms with van der Waals surface area (Å²) in [5.41, 5.74) is 3.47. The fourth-order valence-electron chi connectivity index (χ4n) is 3.04. The van der Waals surface area contributed by atoms with Crippen LogP contribution >= 0.6 is 11.3 Å². The predicted molar refractivity (Wildman–Crippen MR) is 106 cm³/mol. The maximum absolute atomic E-state index is 13.8. The number of pyridine rings is 1. The van der Waals surface area contributed by atoms with Crippen molar-refractivity contribution in [2.24, 2.45) is 7.05 Å². The maximum atomic E-state index is 13.8. The Bertz CT molecular complexity index is 1160. The monoisotopic (exact) mass is 380 g/mol. The van der Waals surface area contributed by atoms with Gasteiger partial charge in [-0.2, -0.15) is 5.10 Å². The number of aromatic nitrogens is 3. The molecule has 136 valence electrons. The third-order valence-electron chi connectivity index (χ3n) is 4.42. The Hall–Kier alpha value is -3.06. The SMILES string of the molecule is Cc1ccc(NC(=O)c2cc(-c3cccs3)nc3c2c(C)nn3C)cc1F. The molecule has 1 amide bonds. The van der Waals surface area contributed by atoms with Crippen LogP contribution in [0.3, 0.4) is 0 Å². The molecule has 1 N–H and O–H groups in total. The van der Waals surface area contributed by atoms with Crippen molar-refractivity contribution in [1.82, 2.24) is 14.8 Å². The third-order valence-corrected chi connectivity index (χ3v) is 5.31. The molecule has 5 nitrogen and oxygen atoms in total. The molecule has 4 aromatic rings. The molecule has 0 unspecified atom stereocenters. The van der Waals surface area contributed by atoms with E-state index in [0.717, 1.165) is 10.6 Å². The van der Waals surface area contributed by atoms with Crippen molar-refractivity contribution < 1.29 is 9.18 Å². The van der Waals surface area contributed by atoms with Crippen LogP contribution in [0.5, 0.6) is 0 Å². The fourth-order valence-corrected chi connectivity index (χ4v) is 3.73. The molecule has 1 aromatic carbocycles. The summed E-state index contributed by atoms with van der Waals surface area (Å²) < 4.78 is 15.5. The third kappa shape index (κ3) is 3.10. The number of carbonyl (C=O) groups is 1. The molecule has 0 aliphatic rings. The van der Waals surface area contributed by atoms with Gasteiger partial charge in [-0.3, -0.25) is 9.48 Å². The summed E-state index contributed by atoms with van der Waals surface area (Å²) in [5.74, 6) is -0.677. The van der Waals surface area contributed by atoms with E-state index in [4.69, 9.17) is 0 Å². The number of amides is 1. The standard InChI is InChI=1S/C20H17FN4OS/c1-11-6-7-13(9-15(11)21)22-20(26)14-10-16(17-5-4-8-27-17)23-19-18(14)12(2)24-25(19)3/h4-10H,1-3H3,(H,22,26). The number of aryl methyl sites for hydroxylation is 3. The van der Waals surface area contributed by atoms with Crippen LogP contribution in [0.15, 0.2) is 41.8 Å². The number of benzene rings is 1. The molecule has 0 bridgehead atoms. The first-order valence-electron chi connectivity index (χ1n) is 8.40. The number of carbonyl (C=O) groups excluding carboxylic acids is 1. The minimum Gasteiger partial charge on any atom is -0.322 e. The molecule has 4 rings (SSSR count). The van der Waals surface area contributed by atoms with Crippen LogP contribution in [-0.2, 0) is 7.05 Å². The lowest BCUT2D eigenvalue weighted by atomic mass is 10.1. The molecule has 0 saturated heterocycles. The Morgan fingerprint density at radius 2 is 2.04 bits per heavy atom. The van der Waals surface area contributed by atoms with Gasteiger partial charge in [-0.05, 0) is 49.1 Å². The Morgan fingerprint density at radius 3 is 2.74 bits per heavy atom. The van der Waals surface area contributed by atoms with Crippen molar-refractivity contribution in [2.75, 3.05) is 5.32 Å². The lowest BCUT2D eigenvalue weighted by Gasteiger charge is -2.09. The number of halogens is 1. The van der Waals surface area contributed by atoms with E-state index in [1.807, 2.05) is 24.4 Å². The first-order chi connectivity index (χ1) is 12.9. The Labute approximate surface area is 159 Å². The summed E-state index contributed by atoms with van der Waals surface area (Å²) in [4.78, 5) is 18.7. The number of hydrogen-bond acceptors (Lipinski definition) is 4. The summed E-state index contributed by atoms with van der Waals surface area (Å²) in [6, 6.07) is 10.3. The second-order valence-corrected chi connectivity index (χ2v) is 7.31. The average molecular weight is 380 g/mol. The first kappa shape index (κ1) is 17.4. The second-order valence-electron chi connectivity index (χ2n) is 6.36. The molecule has 0 saturated carbocycles. The molecule has 0 spiro atoms. The van der Waals surface area contributed by atoms with Crippen LogP contribution in [0.1, 0.15) is 21.6 Å². The molecule has 0 fully saturated rings. The van der Waals surface area contributed by atoms with Crippen LogP contribution in [0.25, 0.3) is 21.6 Å². The van der Waals surface area contributed by atoms with E-state index in [0.29, 0.717) is 33.5 Å². The highest BCUT2D eigenvalue weighted by atomic mass is 32.1. The van der Waals surface area contributed by atoms with Crippen LogP contribution < -0.4 is 5.32 Å². The number of fused-ring (bicyclic) bond motifs is 1. The van der Waals surface area contributed by atoms with Crippen LogP contribution in [0, 0.1) is 19.7 Å². The zero-order valence-electron chi connectivity index (χ0n) is 15.1. The van der Waals surface area contributed by atoms with Crippen molar-refractivity contribution in [3.8, 4) is 10.6 Å². The van der Waals surface area contributed by atoms with Gasteiger partial charge in [0.05, 0.1) is 27.2 Å². The molecule has 0 aliphatic heterocycles. The Morgan fingerprint density at radius 1 is 1.22 bits per heavy atom. The Kier molecular flexibility index (Phi) is 4.24. The van der Waals surface area contributed by atoms with Crippen molar-refractivity contribution in [1.29, 1.82) is 0 Å². The van der Waals surface area contributed by atoms with Crippen molar-refractivity contribution in [3.05, 3.63) is 64.4 Å². The summed E-state index contributed by atoms with van der Waals surface area (Å²) in [6.07, 6.45) is 0. The molecule has 27 heavy (non-hydrogen) atoms. The molecule has 3 heterocycles. The highest BCUT2D eigenvalue weighted by molar-refractivity contribution is 7.13. The van der Waals surface area contributed by atoms with Gasteiger partial charge in [0.15, 0.2) is 5.65 Å². The molecule has 0 atom stereocenters. The number of hydrogen-bond donors (Lipinski definition) is 1. The maximum Gasteiger partial charge on any atom is 0.256 e. The lowest BCUT2D eigenvalue weighted by molar-refractivity contribution is 0.102. The zero-order chi connectivity index (χ0) is 19.1. The quantitative estimate of drug-likeness (QED) is 0.560. The van der Waals surface area contributed by atoms with Gasteiger partial charge in [0.25, 0.3) is 5.91 Å². The molecule has 3 aromatic heterocycles. The van der Waals surface area contributed by atoms with Crippen molar-refractivity contribution in [3.63, 3.8) is 0 Å². The van der Waals surface area contributed by atoms with E-state index in [-0.39, 0.29) is 11.7 Å². The van der Waals surface area contributed by atoms with Gasteiger partial charge < -0.3 is 5.32 Å². The van der Waals surface area contributed by atoms with E-state index in [2.05, 4.69) is 15.4 Å². The number of nitrogens with one attached hydrogen (secondary N) is 1. The first-order valence-corrected chi connectivity index (χ1v) is 9.27. The molecule has 0 aliphatic carbocycles. The summed E-state index contributed by atoms with van der Waals surface area (Å²) >= 11 is 1.55.